The molecule has 4 saturated heterocycles. The summed E-state index contributed by atoms with van der Waals surface area (Å²) in [7, 11) is 5.94. The van der Waals surface area contributed by atoms with E-state index in [-0.39, 0.29) is 99.7 Å². The van der Waals surface area contributed by atoms with E-state index >= 15 is 0 Å². The number of carbonyl (C=O) groups excluding carboxylic acids is 8. The van der Waals surface area contributed by atoms with Gasteiger partial charge in [0.25, 0.3) is 5.91 Å². The van der Waals surface area contributed by atoms with Crippen LogP contribution in [-0.4, -0.2) is 230 Å². The van der Waals surface area contributed by atoms with E-state index < -0.39 is 54.0 Å². The molecule has 708 valence electrons. The number of alkyl carbamates (subject to hydrolysis) is 3. The van der Waals surface area contributed by atoms with Gasteiger partial charge in [-0.15, -0.1) is 0 Å². The molecule has 0 radical (unpaired) electrons. The molecule has 2 aliphatic carbocycles. The molecule has 0 unspecified atom stereocenters. The molecule has 12 atom stereocenters. The van der Waals surface area contributed by atoms with Crippen molar-refractivity contribution in [3.63, 3.8) is 0 Å². The quantitative estimate of drug-likeness (QED) is 0.0206. The lowest BCUT2D eigenvalue weighted by Gasteiger charge is -2.31. The van der Waals surface area contributed by atoms with Crippen molar-refractivity contribution in [3.05, 3.63) is 216 Å². The minimum absolute atomic E-state index is 0.0185. The lowest BCUT2D eigenvalue weighted by molar-refractivity contribution is -0.138. The Bertz CT molecular complexity index is 5600. The SMILES string of the molecule is COC[C@H]1C[C@@H](c2ncc(-c3ccc(-c4ccc(C5=CN=C([C@@H]6C[C@H](SC)CN6C(=O)[C@@H](NC(=O)OC)C(C)C)C5)cc4)cc3)[nH]2)N(C(=O)[C@H](NC(=O)C2CC2)c2ccccc2)C1.COC[C@H]1C[C@@H](c2ncc(-c3ccc(-c4ccc(C5=CN=C([C@@H]6C[C@H](SC)CN6C(=O)[C@@H](NC(=O)OC)C(C)C)C5)cc4)cc3)[nH]2)N(C(=O)[C@H](NC(=O)OC(C)(C)C)c2ccccc2)C1.O=C(O)C1CC1. The number of amides is 8. The van der Waals surface area contributed by atoms with Crippen LogP contribution in [0.4, 0.5) is 14.4 Å². The number of carboxylic acid groups (broad SMARTS) is 1. The van der Waals surface area contributed by atoms with Crippen molar-refractivity contribution in [1.82, 2.24) is 60.8 Å². The maximum Gasteiger partial charge on any atom is 0.408 e. The second kappa shape index (κ2) is 44.3. The number of allylic oxidation sites excluding steroid dienone is 2. The fraction of sp³-hybridized carbons (Fsp3) is 0.447. The van der Waals surface area contributed by atoms with Crippen LogP contribution in [0.1, 0.15) is 171 Å². The van der Waals surface area contributed by atoms with Gasteiger partial charge in [0, 0.05) is 105 Å². The molecule has 0 spiro atoms. The first-order valence-electron chi connectivity index (χ1n) is 46.1. The van der Waals surface area contributed by atoms with Crippen LogP contribution in [0.3, 0.4) is 0 Å². The Morgan fingerprint density at radius 3 is 1.13 bits per heavy atom. The van der Waals surface area contributed by atoms with Crippen LogP contribution in [0.25, 0.3) is 55.9 Å². The number of likely N-dealkylation sites (tertiary alicyclic amines) is 4. The standard InChI is InChI=1S/C50H61N7O7S.C49H57N7O6S.C4H6O2/c1-30(2)43(54-48(60)63-7)46(58)57-28-38(65-8)24-41(57)39-23-37(25-51-39)34-16-14-32(15-17-34)33-18-20-35(21-19-33)40-26-52-45(53-40)42-22-31(29-62-6)27-56(42)47(59)44(36-12-10-9-11-13-36)55-49(61)64-50(3,4)5;1-29(2)43(54-49(60)62-4)47(58)56-27-38(63-5)23-41(56)39-22-37(24-50-39)33-13-11-31(12-14-33)32-15-17-34(18-16-32)40-25-51-45(52-40)42-21-30(28-61-3)26-55(42)48(59)44(35-9-7-6-8-10-35)53-46(57)36-19-20-36;5-4(6)3-1-2-3/h9-21,25-26,30-31,38,41-44H,22-24,27-29H2,1-8H3,(H,52,53)(H,54,60)(H,55,61);6-18,24-25,29-30,36,38,41-44H,19-23,26-28H2,1-5H3,(H,51,52)(H,53,57)(H,54,60);3H,1-2H2,(H,5,6)/t31-,38-,41-,42-,43-,44+;30-,38-,41-,42-,43-,44+;/m00./s1. The first-order chi connectivity index (χ1) is 64.5. The molecular formula is C103H124N14O15S2. The predicted octanol–water partition coefficient (Wildman–Crippen LogP) is 16.4. The number of aromatic amines is 2. The third kappa shape index (κ3) is 24.1. The van der Waals surface area contributed by atoms with Gasteiger partial charge in [-0.25, -0.2) is 24.4 Å². The summed E-state index contributed by atoms with van der Waals surface area (Å²) in [4.78, 5) is 150. The van der Waals surface area contributed by atoms with Crippen LogP contribution in [0.5, 0.6) is 0 Å². The van der Waals surface area contributed by atoms with E-state index in [1.165, 1.54) is 14.2 Å². The minimum atomic E-state index is -0.957. The number of benzene rings is 6. The average Bonchev–Trinajstić information content (AvgIpc) is 1.71. The number of hydrogen-bond acceptors (Lipinski definition) is 20. The number of carbonyl (C=O) groups is 9. The number of aliphatic carboxylic acids is 1. The molecule has 2 saturated carbocycles. The number of aliphatic imine (C=N–C) groups is 2. The molecule has 29 nitrogen and oxygen atoms in total. The van der Waals surface area contributed by atoms with Crippen molar-refractivity contribution < 1.29 is 71.9 Å². The number of H-pyrrole nitrogens is 2. The van der Waals surface area contributed by atoms with Crippen molar-refractivity contribution >= 4 is 99.9 Å². The second-order valence-electron chi connectivity index (χ2n) is 37.3. The van der Waals surface area contributed by atoms with Crippen LogP contribution in [0, 0.1) is 35.5 Å². The number of rotatable bonds is 30. The highest BCUT2D eigenvalue weighted by atomic mass is 32.2. The average molecular weight is 1860 g/mol. The van der Waals surface area contributed by atoms with Crippen molar-refractivity contribution in [3.8, 4) is 44.8 Å². The lowest BCUT2D eigenvalue weighted by atomic mass is 9.95. The maximum atomic E-state index is 14.5. The van der Waals surface area contributed by atoms with E-state index in [4.69, 9.17) is 48.7 Å². The number of nitrogens with zero attached hydrogens (tertiary/aromatic N) is 8. The first kappa shape index (κ1) is 97.8. The Balaban J connectivity index is 0.000000202. The van der Waals surface area contributed by atoms with E-state index in [2.05, 4.69) is 141 Å². The zero-order chi connectivity index (χ0) is 95.2. The van der Waals surface area contributed by atoms with Gasteiger partial charge in [0.2, 0.25) is 23.6 Å². The number of ether oxygens (including phenoxy) is 5. The van der Waals surface area contributed by atoms with Crippen LogP contribution >= 0.6 is 23.5 Å². The smallest absolute Gasteiger partial charge is 0.408 e. The summed E-state index contributed by atoms with van der Waals surface area (Å²) in [5.74, 6) is 0.0295. The largest absolute Gasteiger partial charge is 0.481 e. The zero-order valence-corrected chi connectivity index (χ0v) is 80.1. The molecule has 31 heteroatoms. The number of nitrogens with one attached hydrogen (secondary N) is 6. The molecule has 2 aromatic heterocycles. The van der Waals surface area contributed by atoms with Crippen molar-refractivity contribution in [1.29, 1.82) is 0 Å². The van der Waals surface area contributed by atoms with E-state index in [1.54, 1.807) is 69.6 Å². The van der Waals surface area contributed by atoms with Gasteiger partial charge in [-0.2, -0.15) is 23.5 Å². The number of hydrogen-bond donors (Lipinski definition) is 7. The zero-order valence-electron chi connectivity index (χ0n) is 78.4. The number of carboxylic acids is 1. The molecule has 8 aromatic rings. The molecular weight excluding hydrogens is 1740 g/mol. The number of aromatic nitrogens is 4. The van der Waals surface area contributed by atoms with E-state index in [0.717, 1.165) is 123 Å². The van der Waals surface area contributed by atoms with Gasteiger partial charge in [-0.1, -0.05) is 185 Å². The predicted molar refractivity (Wildman–Crippen MR) is 520 cm³/mol. The minimum Gasteiger partial charge on any atom is -0.481 e. The van der Waals surface area contributed by atoms with Crippen LogP contribution in [0.2, 0.25) is 0 Å². The molecule has 6 aliphatic heterocycles. The normalized spacial score (nSPS) is 21.2. The highest BCUT2D eigenvalue weighted by molar-refractivity contribution is 7.99. The fourth-order valence-electron chi connectivity index (χ4n) is 18.3. The third-order valence-electron chi connectivity index (χ3n) is 25.9. The monoisotopic (exact) mass is 1860 g/mol. The lowest BCUT2D eigenvalue weighted by Crippen LogP contribution is -2.53. The summed E-state index contributed by atoms with van der Waals surface area (Å²) in [6.07, 6.45) is 17.5. The summed E-state index contributed by atoms with van der Waals surface area (Å²) in [6, 6.07) is 48.2. The van der Waals surface area contributed by atoms with E-state index in [0.29, 0.717) is 82.3 Å². The Morgan fingerprint density at radius 2 is 0.799 bits per heavy atom. The van der Waals surface area contributed by atoms with Gasteiger partial charge in [0.15, 0.2) is 0 Å². The second-order valence-corrected chi connectivity index (χ2v) is 39.6. The van der Waals surface area contributed by atoms with Gasteiger partial charge >= 0.3 is 24.2 Å². The van der Waals surface area contributed by atoms with Crippen LogP contribution in [0.15, 0.2) is 193 Å². The van der Waals surface area contributed by atoms with Crippen LogP contribution in [-0.2, 0) is 52.5 Å². The summed E-state index contributed by atoms with van der Waals surface area (Å²) in [6.45, 7) is 16.2. The highest BCUT2D eigenvalue weighted by Gasteiger charge is 2.48. The molecule has 6 aromatic carbocycles. The fourth-order valence-corrected chi connectivity index (χ4v) is 19.7. The van der Waals surface area contributed by atoms with Crippen LogP contribution < -0.4 is 21.3 Å². The Hall–Kier alpha value is -12.2. The summed E-state index contributed by atoms with van der Waals surface area (Å²) < 4.78 is 26.3. The van der Waals surface area contributed by atoms with Crippen molar-refractivity contribution in [2.24, 2.45) is 45.5 Å². The van der Waals surface area contributed by atoms with Crippen molar-refractivity contribution in [2.75, 3.05) is 80.3 Å². The topological polar surface area (TPSA) is 363 Å². The molecule has 7 N–H and O–H groups in total. The van der Waals surface area contributed by atoms with Gasteiger partial charge in [0.1, 0.15) is 41.4 Å². The Morgan fingerprint density at radius 1 is 0.440 bits per heavy atom. The summed E-state index contributed by atoms with van der Waals surface area (Å²) in [5.41, 5.74) is 14.8. The van der Waals surface area contributed by atoms with Gasteiger partial charge in [0.05, 0.1) is 81.3 Å². The summed E-state index contributed by atoms with van der Waals surface area (Å²) in [5, 5.41) is 20.0. The van der Waals surface area contributed by atoms with Gasteiger partial charge < -0.3 is 79.6 Å². The third-order valence-corrected chi connectivity index (χ3v) is 28.0. The molecule has 8 amide bonds. The molecule has 0 bridgehead atoms. The summed E-state index contributed by atoms with van der Waals surface area (Å²) >= 11 is 3.50. The molecule has 134 heavy (non-hydrogen) atoms. The van der Waals surface area contributed by atoms with Crippen molar-refractivity contribution in [2.45, 2.75) is 177 Å². The van der Waals surface area contributed by atoms with E-state index in [1.807, 2.05) is 122 Å². The maximum absolute atomic E-state index is 14.5. The molecule has 6 fully saturated rings. The molecule has 8 heterocycles. The van der Waals surface area contributed by atoms with E-state index in [9.17, 15) is 43.2 Å². The number of methoxy groups -OCH3 is 4. The Labute approximate surface area is 792 Å². The molecule has 8 aliphatic rings. The Kier molecular flexibility index (Phi) is 32.4. The number of thioether (sulfide) groups is 2. The first-order valence-corrected chi connectivity index (χ1v) is 48.7. The van der Waals surface area contributed by atoms with Gasteiger partial charge in [-0.3, -0.25) is 38.8 Å². The highest BCUT2D eigenvalue weighted by Crippen LogP contribution is 2.43. The van der Waals surface area contributed by atoms with Gasteiger partial charge in [-0.05, 0) is 163 Å². The molecule has 16 rings (SSSR count). The number of imidazole rings is 2.